The van der Waals surface area contributed by atoms with E-state index in [0.717, 1.165) is 4.90 Å². The van der Waals surface area contributed by atoms with Gasteiger partial charge in [0.05, 0.1) is 10.1 Å². The Bertz CT molecular complexity index is 626. The molecule has 2 saturated heterocycles. The van der Waals surface area contributed by atoms with Crippen molar-refractivity contribution in [2.75, 3.05) is 24.7 Å². The van der Waals surface area contributed by atoms with Crippen LogP contribution in [-0.4, -0.2) is 47.3 Å². The molecule has 0 unspecified atom stereocenters. The van der Waals surface area contributed by atoms with Crippen molar-refractivity contribution in [2.24, 2.45) is 0 Å². The van der Waals surface area contributed by atoms with Crippen molar-refractivity contribution >= 4 is 41.3 Å². The van der Waals surface area contributed by atoms with E-state index in [9.17, 15) is 14.4 Å². The average Bonchev–Trinajstić information content (AvgIpc) is 3.06. The highest BCUT2D eigenvalue weighted by molar-refractivity contribution is 8.16. The molecule has 7 heteroatoms. The molecule has 0 bridgehead atoms. The molecule has 0 spiro atoms. The van der Waals surface area contributed by atoms with Crippen LogP contribution in [0.1, 0.15) is 39.8 Å². The van der Waals surface area contributed by atoms with Crippen molar-refractivity contribution in [3.8, 4) is 0 Å². The van der Waals surface area contributed by atoms with Crippen LogP contribution in [0, 0.1) is 0 Å². The second-order valence-electron chi connectivity index (χ2n) is 5.67. The number of ether oxygens (including phenoxy) is 1. The summed E-state index contributed by atoms with van der Waals surface area (Å²) in [6, 6.07) is 7.36. The Hall–Kier alpha value is -1.47. The summed E-state index contributed by atoms with van der Waals surface area (Å²) in [7, 11) is 0. The lowest BCUT2D eigenvalue weighted by atomic mass is 10.1. The van der Waals surface area contributed by atoms with E-state index in [1.807, 2.05) is 35.7 Å². The van der Waals surface area contributed by atoms with E-state index in [4.69, 9.17) is 4.74 Å². The highest BCUT2D eigenvalue weighted by Gasteiger charge is 2.27. The Morgan fingerprint density at radius 2 is 1.83 bits per heavy atom. The first kappa shape index (κ1) is 17.4. The molecule has 1 aromatic carbocycles. The first-order chi connectivity index (χ1) is 11.6. The number of carbonyl (C=O) groups is 3. The molecule has 128 valence electrons. The van der Waals surface area contributed by atoms with Crippen LogP contribution in [0.2, 0.25) is 0 Å². The number of hydrogen-bond donors (Lipinski definition) is 0. The Balaban J connectivity index is 1.53. The third-order valence-electron chi connectivity index (χ3n) is 3.95. The molecule has 0 radical (unpaired) electrons. The number of benzene rings is 1. The minimum absolute atomic E-state index is 0.192. The lowest BCUT2D eigenvalue weighted by molar-refractivity contribution is -0.143. The SMILES string of the molecule is O=C(OCC(=O)N1CCCC1=O)c1ccc(C2SCCCS2)cc1. The van der Waals surface area contributed by atoms with Crippen LogP contribution in [0.3, 0.4) is 0 Å². The molecule has 2 heterocycles. The molecule has 3 rings (SSSR count). The quantitative estimate of drug-likeness (QED) is 0.765. The second-order valence-corrected chi connectivity index (χ2v) is 8.39. The van der Waals surface area contributed by atoms with Crippen LogP contribution in [0.25, 0.3) is 0 Å². The summed E-state index contributed by atoms with van der Waals surface area (Å²) in [6.45, 7) is 0.0291. The topological polar surface area (TPSA) is 63.7 Å². The monoisotopic (exact) mass is 365 g/mol. The van der Waals surface area contributed by atoms with Gasteiger partial charge < -0.3 is 4.74 Å². The predicted octanol–water partition coefficient (Wildman–Crippen LogP) is 2.86. The first-order valence-electron chi connectivity index (χ1n) is 7.98. The van der Waals surface area contributed by atoms with E-state index in [-0.39, 0.29) is 12.5 Å². The number of rotatable bonds is 4. The van der Waals surface area contributed by atoms with Gasteiger partial charge in [-0.25, -0.2) is 4.79 Å². The van der Waals surface area contributed by atoms with Gasteiger partial charge in [-0.05, 0) is 42.0 Å². The zero-order valence-electron chi connectivity index (χ0n) is 13.2. The van der Waals surface area contributed by atoms with E-state index in [1.165, 1.54) is 23.5 Å². The lowest BCUT2D eigenvalue weighted by Crippen LogP contribution is -2.35. The smallest absolute Gasteiger partial charge is 0.338 e. The molecule has 0 saturated carbocycles. The molecular formula is C17H19NO4S2. The molecule has 2 fully saturated rings. The fourth-order valence-electron chi connectivity index (χ4n) is 2.66. The number of likely N-dealkylation sites (tertiary alicyclic amines) is 1. The molecule has 0 atom stereocenters. The van der Waals surface area contributed by atoms with Gasteiger partial charge in [0, 0.05) is 13.0 Å². The van der Waals surface area contributed by atoms with Crippen molar-refractivity contribution < 1.29 is 19.1 Å². The molecule has 5 nitrogen and oxygen atoms in total. The minimum atomic E-state index is -0.537. The van der Waals surface area contributed by atoms with Crippen molar-refractivity contribution in [3.05, 3.63) is 35.4 Å². The maximum atomic E-state index is 12.0. The van der Waals surface area contributed by atoms with Crippen molar-refractivity contribution in [1.29, 1.82) is 0 Å². The number of carbonyl (C=O) groups excluding carboxylic acids is 3. The molecule has 24 heavy (non-hydrogen) atoms. The highest BCUT2D eigenvalue weighted by Crippen LogP contribution is 2.43. The Morgan fingerprint density at radius 1 is 1.12 bits per heavy atom. The maximum absolute atomic E-state index is 12.0. The summed E-state index contributed by atoms with van der Waals surface area (Å²) in [6.07, 6.45) is 2.30. The Kier molecular flexibility index (Phi) is 5.84. The van der Waals surface area contributed by atoms with Crippen molar-refractivity contribution in [2.45, 2.75) is 23.8 Å². The molecular weight excluding hydrogens is 346 g/mol. The van der Waals surface area contributed by atoms with E-state index >= 15 is 0 Å². The maximum Gasteiger partial charge on any atom is 0.338 e. The third kappa shape index (κ3) is 4.13. The summed E-state index contributed by atoms with van der Waals surface area (Å²) < 4.78 is 5.47. The number of nitrogens with zero attached hydrogens (tertiary/aromatic N) is 1. The summed E-state index contributed by atoms with van der Waals surface area (Å²) in [4.78, 5) is 36.6. The van der Waals surface area contributed by atoms with Crippen molar-refractivity contribution in [3.63, 3.8) is 0 Å². The van der Waals surface area contributed by atoms with Gasteiger partial charge in [0.2, 0.25) is 5.91 Å². The minimum Gasteiger partial charge on any atom is -0.452 e. The van der Waals surface area contributed by atoms with Crippen LogP contribution in [-0.2, 0) is 14.3 Å². The Labute approximate surface area is 149 Å². The third-order valence-corrected chi connectivity index (χ3v) is 6.96. The number of imide groups is 1. The normalized spacial score (nSPS) is 18.7. The van der Waals surface area contributed by atoms with E-state index in [1.54, 1.807) is 12.1 Å². The molecule has 0 aromatic heterocycles. The highest BCUT2D eigenvalue weighted by atomic mass is 32.2. The van der Waals surface area contributed by atoms with Gasteiger partial charge in [-0.2, -0.15) is 0 Å². The van der Waals surface area contributed by atoms with E-state index < -0.39 is 11.9 Å². The second kappa shape index (κ2) is 8.07. The van der Waals surface area contributed by atoms with E-state index in [2.05, 4.69) is 0 Å². The van der Waals surface area contributed by atoms with Crippen LogP contribution in [0.4, 0.5) is 0 Å². The molecule has 2 amide bonds. The summed E-state index contributed by atoms with van der Waals surface area (Å²) in [5.74, 6) is 1.16. The predicted molar refractivity (Wildman–Crippen MR) is 95.0 cm³/mol. The Morgan fingerprint density at radius 3 is 2.46 bits per heavy atom. The molecule has 2 aliphatic rings. The fraction of sp³-hybridized carbons (Fsp3) is 0.471. The van der Waals surface area contributed by atoms with Gasteiger partial charge >= 0.3 is 5.97 Å². The summed E-state index contributed by atoms with van der Waals surface area (Å²) in [5, 5.41) is 0. The number of thioether (sulfide) groups is 2. The van der Waals surface area contributed by atoms with Crippen LogP contribution < -0.4 is 0 Å². The number of hydrogen-bond acceptors (Lipinski definition) is 6. The van der Waals surface area contributed by atoms with Gasteiger partial charge in [-0.3, -0.25) is 14.5 Å². The zero-order chi connectivity index (χ0) is 16.9. The standard InChI is InChI=1S/C17H19NO4S2/c19-14-3-1-8-18(14)15(20)11-22-16(21)12-4-6-13(7-5-12)17-23-9-2-10-24-17/h4-7,17H,1-3,8-11H2. The van der Waals surface area contributed by atoms with Crippen molar-refractivity contribution in [1.82, 2.24) is 4.90 Å². The zero-order valence-corrected chi connectivity index (χ0v) is 14.9. The van der Waals surface area contributed by atoms with E-state index in [0.29, 0.717) is 29.5 Å². The summed E-state index contributed by atoms with van der Waals surface area (Å²) >= 11 is 3.85. The largest absolute Gasteiger partial charge is 0.452 e. The van der Waals surface area contributed by atoms with Gasteiger partial charge in [0.1, 0.15) is 0 Å². The fourth-order valence-corrected chi connectivity index (χ4v) is 5.55. The van der Waals surface area contributed by atoms with Crippen LogP contribution in [0.15, 0.2) is 24.3 Å². The first-order valence-corrected chi connectivity index (χ1v) is 10.1. The molecule has 2 aliphatic heterocycles. The number of amides is 2. The van der Waals surface area contributed by atoms with Gasteiger partial charge in [0.25, 0.3) is 5.91 Å². The van der Waals surface area contributed by atoms with Crippen LogP contribution >= 0.6 is 23.5 Å². The lowest BCUT2D eigenvalue weighted by Gasteiger charge is -2.21. The summed E-state index contributed by atoms with van der Waals surface area (Å²) in [5.41, 5.74) is 1.62. The average molecular weight is 365 g/mol. The molecule has 0 aliphatic carbocycles. The van der Waals surface area contributed by atoms with Gasteiger partial charge in [-0.1, -0.05) is 12.1 Å². The van der Waals surface area contributed by atoms with Crippen LogP contribution in [0.5, 0.6) is 0 Å². The number of esters is 1. The van der Waals surface area contributed by atoms with Gasteiger partial charge in [-0.15, -0.1) is 23.5 Å². The molecule has 1 aromatic rings. The molecule has 0 N–H and O–H groups in total. The van der Waals surface area contributed by atoms with Gasteiger partial charge in [0.15, 0.2) is 6.61 Å².